The van der Waals surface area contributed by atoms with Crippen LogP contribution in [0.25, 0.3) is 15.9 Å². The number of fused-ring (bicyclic) bond motifs is 1. The first kappa shape index (κ1) is 26.9. The average molecular weight is 594 g/mol. The number of aromatic nitrogens is 6. The number of rotatable bonds is 6. The fraction of sp³-hybridized carbons (Fsp3) is 0.407. The second-order valence-corrected chi connectivity index (χ2v) is 10.4. The molecule has 1 aromatic carbocycles. The third-order valence-electron chi connectivity index (χ3n) is 7.52. The average Bonchev–Trinajstić information content (AvgIpc) is 3.28. The molecule has 39 heavy (non-hydrogen) atoms. The van der Waals surface area contributed by atoms with Crippen LogP contribution < -0.4 is 10.6 Å². The summed E-state index contributed by atoms with van der Waals surface area (Å²) in [6.45, 7) is 12.9. The highest BCUT2D eigenvalue weighted by Crippen LogP contribution is 2.36. The first-order chi connectivity index (χ1) is 18.7. The minimum atomic E-state index is -0.367. The van der Waals surface area contributed by atoms with Crippen molar-refractivity contribution in [3.8, 4) is 0 Å². The van der Waals surface area contributed by atoms with E-state index in [9.17, 15) is 9.18 Å². The quantitative estimate of drug-likeness (QED) is 0.306. The molecule has 0 amide bonds. The van der Waals surface area contributed by atoms with Gasteiger partial charge in [-0.3, -0.25) is 14.1 Å². The Morgan fingerprint density at radius 3 is 2.38 bits per heavy atom. The molecule has 1 fully saturated rings. The van der Waals surface area contributed by atoms with Crippen molar-refractivity contribution in [1.82, 2.24) is 34.2 Å². The van der Waals surface area contributed by atoms with E-state index in [4.69, 9.17) is 6.57 Å². The van der Waals surface area contributed by atoms with Crippen LogP contribution in [0, 0.1) is 12.4 Å². The van der Waals surface area contributed by atoms with Gasteiger partial charge in [-0.1, -0.05) is 32.6 Å². The van der Waals surface area contributed by atoms with Gasteiger partial charge in [0.25, 0.3) is 5.82 Å². The van der Waals surface area contributed by atoms with Crippen molar-refractivity contribution < 1.29 is 4.39 Å². The molecule has 1 unspecified atom stereocenters. The SMILES string of the molecule is [C-]#[N+]c1ccc2c(n1)c(N1C[C@@H](CC)N(C(c3ccc(F)cc3)c3nc(Br)nn3C)C[C@@H]1CC)nc(=O)n2C. The van der Waals surface area contributed by atoms with Gasteiger partial charge in [0.15, 0.2) is 5.82 Å². The van der Waals surface area contributed by atoms with Gasteiger partial charge in [0, 0.05) is 39.3 Å². The second kappa shape index (κ2) is 10.8. The van der Waals surface area contributed by atoms with Crippen LogP contribution in [0.5, 0.6) is 0 Å². The van der Waals surface area contributed by atoms with Crippen molar-refractivity contribution in [1.29, 1.82) is 0 Å². The Kier molecular flexibility index (Phi) is 7.46. The molecule has 0 saturated carbocycles. The van der Waals surface area contributed by atoms with Crippen LogP contribution in [0.4, 0.5) is 16.0 Å². The van der Waals surface area contributed by atoms with Crippen LogP contribution >= 0.6 is 15.9 Å². The Hall–Kier alpha value is -3.69. The molecule has 4 heterocycles. The van der Waals surface area contributed by atoms with Crippen LogP contribution in [0.2, 0.25) is 0 Å². The summed E-state index contributed by atoms with van der Waals surface area (Å²) in [5, 5.41) is 4.42. The molecule has 0 bridgehead atoms. The Labute approximate surface area is 234 Å². The van der Waals surface area contributed by atoms with Crippen LogP contribution in [0.3, 0.4) is 0 Å². The number of halogens is 2. The highest BCUT2D eigenvalue weighted by molar-refractivity contribution is 9.10. The highest BCUT2D eigenvalue weighted by Gasteiger charge is 2.40. The first-order valence-electron chi connectivity index (χ1n) is 12.8. The first-order valence-corrected chi connectivity index (χ1v) is 13.6. The molecule has 0 radical (unpaired) electrons. The second-order valence-electron chi connectivity index (χ2n) is 9.72. The summed E-state index contributed by atoms with van der Waals surface area (Å²) in [7, 11) is 3.52. The minimum absolute atomic E-state index is 0.00591. The third kappa shape index (κ3) is 4.92. The number of anilines is 1. The van der Waals surface area contributed by atoms with Gasteiger partial charge in [0.2, 0.25) is 10.3 Å². The lowest BCUT2D eigenvalue weighted by Crippen LogP contribution is -2.59. The molecule has 0 spiro atoms. The van der Waals surface area contributed by atoms with E-state index >= 15 is 0 Å². The summed E-state index contributed by atoms with van der Waals surface area (Å²) in [6, 6.07) is 9.69. The van der Waals surface area contributed by atoms with Crippen LogP contribution in [0.15, 0.2) is 45.9 Å². The van der Waals surface area contributed by atoms with E-state index in [1.54, 1.807) is 36.0 Å². The van der Waals surface area contributed by atoms with Gasteiger partial charge in [-0.25, -0.2) is 14.2 Å². The Bertz CT molecular complexity index is 1610. The largest absolute Gasteiger partial charge is 0.361 e. The maximum absolute atomic E-state index is 13.9. The van der Waals surface area contributed by atoms with Crippen LogP contribution in [-0.2, 0) is 14.1 Å². The molecule has 0 aliphatic carbocycles. The third-order valence-corrected chi connectivity index (χ3v) is 7.86. The predicted molar refractivity (Wildman–Crippen MR) is 150 cm³/mol. The normalized spacial score (nSPS) is 18.8. The van der Waals surface area contributed by atoms with E-state index in [2.05, 4.69) is 64.5 Å². The molecule has 5 rings (SSSR count). The number of pyridine rings is 1. The predicted octanol–water partition coefficient (Wildman–Crippen LogP) is 4.38. The summed E-state index contributed by atoms with van der Waals surface area (Å²) in [4.78, 5) is 34.7. The molecule has 0 N–H and O–H groups in total. The summed E-state index contributed by atoms with van der Waals surface area (Å²) in [6.07, 6.45) is 1.60. The zero-order chi connectivity index (χ0) is 27.8. The van der Waals surface area contributed by atoms with Gasteiger partial charge in [-0.05, 0) is 58.6 Å². The zero-order valence-electron chi connectivity index (χ0n) is 22.2. The van der Waals surface area contributed by atoms with Crippen molar-refractivity contribution in [3.05, 3.63) is 80.2 Å². The fourth-order valence-electron chi connectivity index (χ4n) is 5.46. The molecule has 4 aromatic rings. The Morgan fingerprint density at radius 1 is 1.05 bits per heavy atom. The molecular formula is C27H29BrFN9O. The number of hydrogen-bond acceptors (Lipinski definition) is 7. The zero-order valence-corrected chi connectivity index (χ0v) is 23.8. The standard InChI is InChI=1S/C27H29BrFN9O/c1-6-18-15-38(24-22-20(35(4)27(39)33-24)12-13-21(30-3)31-22)19(7-2)14-37(18)23(16-8-10-17(29)11-9-16)25-32-26(28)34-36(25)5/h8-13,18-19,23H,6-7,14-15H2,1-2,4-5H3/t18-,19+,23?/m1/s1. The lowest BCUT2D eigenvalue weighted by atomic mass is 9.95. The van der Waals surface area contributed by atoms with Gasteiger partial charge in [0.1, 0.15) is 11.6 Å². The van der Waals surface area contributed by atoms with E-state index in [-0.39, 0.29) is 35.5 Å². The molecular weight excluding hydrogens is 565 g/mol. The van der Waals surface area contributed by atoms with Gasteiger partial charge < -0.3 is 9.74 Å². The molecule has 3 atom stereocenters. The summed E-state index contributed by atoms with van der Waals surface area (Å²) < 4.78 is 17.6. The lowest BCUT2D eigenvalue weighted by Gasteiger charge is -2.49. The van der Waals surface area contributed by atoms with Crippen molar-refractivity contribution in [2.75, 3.05) is 18.0 Å². The Balaban J connectivity index is 1.62. The maximum Gasteiger partial charge on any atom is 0.350 e. The van der Waals surface area contributed by atoms with Crippen molar-refractivity contribution in [3.63, 3.8) is 0 Å². The molecule has 202 valence electrons. The van der Waals surface area contributed by atoms with Crippen LogP contribution in [0.1, 0.15) is 44.1 Å². The number of nitrogens with zero attached hydrogens (tertiary/aromatic N) is 9. The summed E-state index contributed by atoms with van der Waals surface area (Å²) in [5.41, 5.74) is 1.73. The highest BCUT2D eigenvalue weighted by atomic mass is 79.9. The number of hydrogen-bond donors (Lipinski definition) is 0. The van der Waals surface area contributed by atoms with Gasteiger partial charge in [-0.2, -0.15) is 4.98 Å². The topological polar surface area (TPSA) is 89.3 Å². The fourth-order valence-corrected chi connectivity index (χ4v) is 5.88. The van der Waals surface area contributed by atoms with E-state index in [0.29, 0.717) is 34.7 Å². The van der Waals surface area contributed by atoms with Gasteiger partial charge in [-0.15, -0.1) is 10.1 Å². The smallest absolute Gasteiger partial charge is 0.350 e. The van der Waals surface area contributed by atoms with E-state index in [0.717, 1.165) is 24.2 Å². The van der Waals surface area contributed by atoms with Crippen molar-refractivity contribution in [2.24, 2.45) is 14.1 Å². The number of benzene rings is 1. The van der Waals surface area contributed by atoms with Gasteiger partial charge in [0.05, 0.1) is 11.6 Å². The molecule has 3 aromatic heterocycles. The van der Waals surface area contributed by atoms with E-state index < -0.39 is 0 Å². The minimum Gasteiger partial charge on any atom is -0.361 e. The van der Waals surface area contributed by atoms with Crippen molar-refractivity contribution >= 4 is 38.6 Å². The number of piperazine rings is 1. The summed E-state index contributed by atoms with van der Waals surface area (Å²) in [5.74, 6) is 1.21. The van der Waals surface area contributed by atoms with E-state index in [1.807, 2.05) is 7.05 Å². The van der Waals surface area contributed by atoms with Crippen LogP contribution in [-0.4, -0.2) is 59.4 Å². The lowest BCUT2D eigenvalue weighted by molar-refractivity contribution is 0.104. The molecule has 1 aliphatic heterocycles. The van der Waals surface area contributed by atoms with Gasteiger partial charge >= 0.3 is 5.69 Å². The monoisotopic (exact) mass is 593 g/mol. The Morgan fingerprint density at radius 2 is 1.77 bits per heavy atom. The number of aryl methyl sites for hydroxylation is 2. The molecule has 1 aliphatic rings. The van der Waals surface area contributed by atoms with Crippen molar-refractivity contribution in [2.45, 2.75) is 44.8 Å². The summed E-state index contributed by atoms with van der Waals surface area (Å²) >= 11 is 3.41. The molecule has 1 saturated heterocycles. The molecule has 10 nitrogen and oxygen atoms in total. The maximum atomic E-state index is 13.9. The van der Waals surface area contributed by atoms with E-state index in [1.165, 1.54) is 16.7 Å². The molecule has 12 heteroatoms.